The highest BCUT2D eigenvalue weighted by atomic mass is 16.2. The third kappa shape index (κ3) is 1.26. The van der Waals surface area contributed by atoms with E-state index in [1.807, 2.05) is 0 Å². The second-order valence-electron chi connectivity index (χ2n) is 4.69. The van der Waals surface area contributed by atoms with Crippen molar-refractivity contribution in [2.75, 3.05) is 26.2 Å². The van der Waals surface area contributed by atoms with Crippen molar-refractivity contribution in [2.24, 2.45) is 17.8 Å². The van der Waals surface area contributed by atoms with Gasteiger partial charge in [-0.2, -0.15) is 0 Å². The number of nitrogens with zero attached hydrogens (tertiary/aromatic N) is 1. The molecule has 13 heavy (non-hydrogen) atoms. The molecule has 3 rings (SSSR count). The highest BCUT2D eigenvalue weighted by molar-refractivity contribution is 5.79. The minimum atomic E-state index is 0.289. The van der Waals surface area contributed by atoms with Gasteiger partial charge in [0, 0.05) is 19.6 Å². The molecule has 3 fully saturated rings. The van der Waals surface area contributed by atoms with Crippen LogP contribution in [-0.2, 0) is 4.79 Å². The number of rotatable bonds is 1. The lowest BCUT2D eigenvalue weighted by Gasteiger charge is -2.21. The maximum atomic E-state index is 11.9. The molecule has 1 amide bonds. The molecule has 2 heterocycles. The molecule has 2 saturated heterocycles. The van der Waals surface area contributed by atoms with Gasteiger partial charge in [0.1, 0.15) is 0 Å². The van der Waals surface area contributed by atoms with Crippen molar-refractivity contribution >= 4 is 5.91 Å². The first-order valence-corrected chi connectivity index (χ1v) is 5.34. The monoisotopic (exact) mass is 180 g/mol. The van der Waals surface area contributed by atoms with Crippen LogP contribution in [0.2, 0.25) is 0 Å². The molecule has 3 heteroatoms. The number of fused-ring (bicyclic) bond motifs is 1. The summed E-state index contributed by atoms with van der Waals surface area (Å²) in [5.74, 6) is 2.45. The summed E-state index contributed by atoms with van der Waals surface area (Å²) in [7, 11) is 0. The summed E-state index contributed by atoms with van der Waals surface area (Å²) in [6.07, 6.45) is 2.43. The average Bonchev–Trinajstić information content (AvgIpc) is 2.63. The lowest BCUT2D eigenvalue weighted by Crippen LogP contribution is -2.36. The molecule has 0 aromatic carbocycles. The second kappa shape index (κ2) is 2.71. The normalized spacial score (nSPS) is 42.2. The molecule has 72 valence electrons. The zero-order valence-corrected chi connectivity index (χ0v) is 7.83. The molecular weight excluding hydrogens is 164 g/mol. The van der Waals surface area contributed by atoms with Crippen molar-refractivity contribution in [2.45, 2.75) is 12.8 Å². The van der Waals surface area contributed by atoms with E-state index in [2.05, 4.69) is 10.2 Å². The Hall–Kier alpha value is -0.570. The molecule has 0 aromatic rings. The van der Waals surface area contributed by atoms with Gasteiger partial charge in [0.05, 0.1) is 5.92 Å². The van der Waals surface area contributed by atoms with Crippen molar-refractivity contribution in [1.29, 1.82) is 0 Å². The average molecular weight is 180 g/mol. The van der Waals surface area contributed by atoms with Crippen LogP contribution in [0.4, 0.5) is 0 Å². The van der Waals surface area contributed by atoms with Crippen LogP contribution in [0.5, 0.6) is 0 Å². The molecule has 3 unspecified atom stereocenters. The Kier molecular flexibility index (Phi) is 1.62. The van der Waals surface area contributed by atoms with Crippen LogP contribution in [0.15, 0.2) is 0 Å². The summed E-state index contributed by atoms with van der Waals surface area (Å²) < 4.78 is 0. The van der Waals surface area contributed by atoms with Gasteiger partial charge < -0.3 is 10.2 Å². The lowest BCUT2D eigenvalue weighted by molar-refractivity contribution is -0.134. The molecule has 1 saturated carbocycles. The van der Waals surface area contributed by atoms with Crippen molar-refractivity contribution in [3.8, 4) is 0 Å². The van der Waals surface area contributed by atoms with Gasteiger partial charge in [0.15, 0.2) is 0 Å². The summed E-state index contributed by atoms with van der Waals surface area (Å²) in [5, 5.41) is 3.25. The quantitative estimate of drug-likeness (QED) is 0.619. The zero-order chi connectivity index (χ0) is 8.84. The second-order valence-corrected chi connectivity index (χ2v) is 4.69. The highest BCUT2D eigenvalue weighted by Gasteiger charge is 2.47. The number of hydrogen-bond acceptors (Lipinski definition) is 2. The molecule has 3 atom stereocenters. The van der Waals surface area contributed by atoms with Crippen molar-refractivity contribution < 1.29 is 4.79 Å². The van der Waals surface area contributed by atoms with Crippen LogP contribution in [0, 0.1) is 17.8 Å². The molecule has 0 bridgehead atoms. The van der Waals surface area contributed by atoms with E-state index in [4.69, 9.17) is 0 Å². The standard InChI is InChI=1S/C10H16N2O/c13-10(7-1-2-11-4-7)12-5-8-3-9(8)6-12/h7-9,11H,1-6H2. The van der Waals surface area contributed by atoms with Crippen molar-refractivity contribution in [3.05, 3.63) is 0 Å². The van der Waals surface area contributed by atoms with E-state index in [-0.39, 0.29) is 5.92 Å². The molecule has 1 N–H and O–H groups in total. The molecular formula is C10H16N2O. The summed E-state index contributed by atoms with van der Waals surface area (Å²) in [6.45, 7) is 4.04. The fourth-order valence-corrected chi connectivity index (χ4v) is 2.70. The number of nitrogens with one attached hydrogen (secondary N) is 1. The van der Waals surface area contributed by atoms with Crippen LogP contribution in [-0.4, -0.2) is 37.0 Å². The first kappa shape index (κ1) is 7.80. The van der Waals surface area contributed by atoms with Gasteiger partial charge in [-0.05, 0) is 31.2 Å². The van der Waals surface area contributed by atoms with Crippen LogP contribution < -0.4 is 5.32 Å². The van der Waals surface area contributed by atoms with Gasteiger partial charge in [-0.15, -0.1) is 0 Å². The van der Waals surface area contributed by atoms with Crippen molar-refractivity contribution in [3.63, 3.8) is 0 Å². The Morgan fingerprint density at radius 3 is 2.69 bits per heavy atom. The highest BCUT2D eigenvalue weighted by Crippen LogP contribution is 2.45. The maximum absolute atomic E-state index is 11.9. The zero-order valence-electron chi connectivity index (χ0n) is 7.83. The van der Waals surface area contributed by atoms with E-state index in [0.29, 0.717) is 5.91 Å². The molecule has 0 aromatic heterocycles. The number of piperidine rings is 1. The van der Waals surface area contributed by atoms with E-state index < -0.39 is 0 Å². The van der Waals surface area contributed by atoms with E-state index >= 15 is 0 Å². The molecule has 2 aliphatic heterocycles. The van der Waals surface area contributed by atoms with E-state index in [9.17, 15) is 4.79 Å². The molecule has 3 nitrogen and oxygen atoms in total. The predicted molar refractivity (Wildman–Crippen MR) is 49.2 cm³/mol. The third-order valence-electron chi connectivity index (χ3n) is 3.70. The van der Waals surface area contributed by atoms with Crippen LogP contribution >= 0.6 is 0 Å². The van der Waals surface area contributed by atoms with E-state index in [0.717, 1.165) is 44.4 Å². The molecule has 0 spiro atoms. The molecule has 0 radical (unpaired) electrons. The Morgan fingerprint density at radius 1 is 1.31 bits per heavy atom. The Balaban J connectivity index is 1.61. The summed E-state index contributed by atoms with van der Waals surface area (Å²) in [5.41, 5.74) is 0. The van der Waals surface area contributed by atoms with Crippen LogP contribution in [0.3, 0.4) is 0 Å². The summed E-state index contributed by atoms with van der Waals surface area (Å²) >= 11 is 0. The number of amides is 1. The van der Waals surface area contributed by atoms with E-state index in [1.165, 1.54) is 6.42 Å². The minimum Gasteiger partial charge on any atom is -0.342 e. The topological polar surface area (TPSA) is 32.3 Å². The predicted octanol–water partition coefficient (Wildman–Crippen LogP) is 0.0742. The largest absolute Gasteiger partial charge is 0.342 e. The fourth-order valence-electron chi connectivity index (χ4n) is 2.70. The van der Waals surface area contributed by atoms with E-state index in [1.54, 1.807) is 0 Å². The Labute approximate surface area is 78.5 Å². The fraction of sp³-hybridized carbons (Fsp3) is 0.900. The van der Waals surface area contributed by atoms with Gasteiger partial charge in [-0.3, -0.25) is 4.79 Å². The van der Waals surface area contributed by atoms with Gasteiger partial charge in [-0.25, -0.2) is 0 Å². The molecule has 3 aliphatic rings. The maximum Gasteiger partial charge on any atom is 0.227 e. The number of likely N-dealkylation sites (tertiary alicyclic amines) is 1. The van der Waals surface area contributed by atoms with Gasteiger partial charge in [0.2, 0.25) is 5.91 Å². The number of carbonyl (C=O) groups is 1. The van der Waals surface area contributed by atoms with Gasteiger partial charge in [0.25, 0.3) is 0 Å². The third-order valence-corrected chi connectivity index (χ3v) is 3.70. The lowest BCUT2D eigenvalue weighted by atomic mass is 10.1. The van der Waals surface area contributed by atoms with Gasteiger partial charge in [-0.1, -0.05) is 0 Å². The summed E-state index contributed by atoms with van der Waals surface area (Å²) in [6, 6.07) is 0. The first-order valence-electron chi connectivity index (χ1n) is 5.34. The minimum absolute atomic E-state index is 0.289. The first-order chi connectivity index (χ1) is 6.34. The Bertz CT molecular complexity index is 225. The number of hydrogen-bond donors (Lipinski definition) is 1. The Morgan fingerprint density at radius 2 is 2.08 bits per heavy atom. The van der Waals surface area contributed by atoms with Crippen LogP contribution in [0.25, 0.3) is 0 Å². The van der Waals surface area contributed by atoms with Gasteiger partial charge >= 0.3 is 0 Å². The molecule has 1 aliphatic carbocycles. The van der Waals surface area contributed by atoms with Crippen LogP contribution in [0.1, 0.15) is 12.8 Å². The smallest absolute Gasteiger partial charge is 0.227 e. The van der Waals surface area contributed by atoms with Crippen molar-refractivity contribution in [1.82, 2.24) is 10.2 Å². The number of carbonyl (C=O) groups excluding carboxylic acids is 1. The SMILES string of the molecule is O=C(C1CCNC1)N1CC2CC2C1. The summed E-state index contributed by atoms with van der Waals surface area (Å²) in [4.78, 5) is 14.0.